The Hall–Kier alpha value is -3.48. The molecule has 0 aliphatic heterocycles. The number of carbonyl (C=O) groups is 1. The Morgan fingerprint density at radius 1 is 1.12 bits per heavy atom. The first-order chi connectivity index (χ1) is 12.2. The predicted molar refractivity (Wildman–Crippen MR) is 93.4 cm³/mol. The molecular formula is C18H16N6O. The molecule has 7 nitrogen and oxygen atoms in total. The van der Waals surface area contributed by atoms with Gasteiger partial charge in [-0.2, -0.15) is 0 Å². The zero-order valence-electron chi connectivity index (χ0n) is 13.6. The Bertz CT molecular complexity index is 1020. The first-order valence-corrected chi connectivity index (χ1v) is 7.86. The second kappa shape index (κ2) is 6.20. The van der Waals surface area contributed by atoms with Crippen molar-refractivity contribution in [3.63, 3.8) is 0 Å². The minimum Gasteiger partial charge on any atom is -0.333 e. The number of fused-ring (bicyclic) bond motifs is 1. The van der Waals surface area contributed by atoms with Crippen LogP contribution < -0.4 is 5.32 Å². The number of pyridine rings is 1. The molecule has 0 spiro atoms. The van der Waals surface area contributed by atoms with Crippen LogP contribution in [0.2, 0.25) is 0 Å². The van der Waals surface area contributed by atoms with E-state index >= 15 is 0 Å². The van der Waals surface area contributed by atoms with Gasteiger partial charge in [0.2, 0.25) is 0 Å². The number of hydrogen-bond acceptors (Lipinski definition) is 4. The van der Waals surface area contributed by atoms with Gasteiger partial charge in [0.05, 0.1) is 11.9 Å². The Morgan fingerprint density at radius 3 is 2.72 bits per heavy atom. The third kappa shape index (κ3) is 3.12. The summed E-state index contributed by atoms with van der Waals surface area (Å²) in [6, 6.07) is 11.3. The van der Waals surface area contributed by atoms with Crippen LogP contribution in [0.1, 0.15) is 21.7 Å². The lowest BCUT2D eigenvalue weighted by Gasteiger charge is -2.08. The molecule has 1 N–H and O–H groups in total. The third-order valence-electron chi connectivity index (χ3n) is 3.97. The molecule has 0 aliphatic carbocycles. The molecule has 0 bridgehead atoms. The SMILES string of the molecule is Cc1nnc2ccc(C(=O)Nc3ccc(Cn4ccnc4)cc3)cn12. The number of imidazole rings is 1. The van der Waals surface area contributed by atoms with Gasteiger partial charge in [-0.25, -0.2) is 4.98 Å². The highest BCUT2D eigenvalue weighted by molar-refractivity contribution is 6.04. The van der Waals surface area contributed by atoms with Crippen molar-refractivity contribution in [2.75, 3.05) is 5.32 Å². The normalized spacial score (nSPS) is 10.9. The molecule has 0 radical (unpaired) electrons. The van der Waals surface area contributed by atoms with E-state index in [1.807, 2.05) is 42.0 Å². The van der Waals surface area contributed by atoms with E-state index in [2.05, 4.69) is 20.5 Å². The fraction of sp³-hybridized carbons (Fsp3) is 0.111. The van der Waals surface area contributed by atoms with Gasteiger partial charge < -0.3 is 9.88 Å². The summed E-state index contributed by atoms with van der Waals surface area (Å²) in [6.45, 7) is 2.60. The van der Waals surface area contributed by atoms with Crippen molar-refractivity contribution in [2.24, 2.45) is 0 Å². The molecule has 3 heterocycles. The van der Waals surface area contributed by atoms with Crippen molar-refractivity contribution in [3.05, 3.63) is 78.3 Å². The number of amides is 1. The predicted octanol–water partition coefficient (Wildman–Crippen LogP) is 2.53. The monoisotopic (exact) mass is 332 g/mol. The molecule has 1 aromatic carbocycles. The van der Waals surface area contributed by atoms with Crippen molar-refractivity contribution < 1.29 is 4.79 Å². The summed E-state index contributed by atoms with van der Waals surface area (Å²) in [5, 5.41) is 10.9. The largest absolute Gasteiger partial charge is 0.333 e. The molecule has 1 amide bonds. The van der Waals surface area contributed by atoms with Crippen LogP contribution in [-0.2, 0) is 6.54 Å². The summed E-state index contributed by atoms with van der Waals surface area (Å²) in [5.74, 6) is 0.575. The number of hydrogen-bond donors (Lipinski definition) is 1. The highest BCUT2D eigenvalue weighted by Gasteiger charge is 2.09. The average Bonchev–Trinajstić information content (AvgIpc) is 3.26. The van der Waals surface area contributed by atoms with Gasteiger partial charge in [-0.1, -0.05) is 12.1 Å². The molecule has 7 heteroatoms. The van der Waals surface area contributed by atoms with Gasteiger partial charge in [0.25, 0.3) is 5.91 Å². The summed E-state index contributed by atoms with van der Waals surface area (Å²) in [4.78, 5) is 16.5. The maximum absolute atomic E-state index is 12.5. The molecular weight excluding hydrogens is 316 g/mol. The van der Waals surface area contributed by atoms with E-state index in [1.165, 1.54) is 0 Å². The first kappa shape index (κ1) is 15.1. The van der Waals surface area contributed by atoms with E-state index in [0.29, 0.717) is 5.56 Å². The van der Waals surface area contributed by atoms with Crippen molar-refractivity contribution in [1.82, 2.24) is 24.1 Å². The van der Waals surface area contributed by atoms with Gasteiger partial charge in [-0.05, 0) is 36.8 Å². The fourth-order valence-electron chi connectivity index (χ4n) is 2.63. The highest BCUT2D eigenvalue weighted by Crippen LogP contribution is 2.13. The highest BCUT2D eigenvalue weighted by atomic mass is 16.1. The second-order valence-corrected chi connectivity index (χ2v) is 5.78. The number of nitrogens with one attached hydrogen (secondary N) is 1. The second-order valence-electron chi connectivity index (χ2n) is 5.78. The smallest absolute Gasteiger partial charge is 0.257 e. The first-order valence-electron chi connectivity index (χ1n) is 7.86. The van der Waals surface area contributed by atoms with Crippen LogP contribution in [0.25, 0.3) is 5.65 Å². The van der Waals surface area contributed by atoms with Gasteiger partial charge in [0, 0.05) is 30.8 Å². The summed E-state index contributed by atoms with van der Waals surface area (Å²) in [7, 11) is 0. The molecule has 0 unspecified atom stereocenters. The zero-order valence-corrected chi connectivity index (χ0v) is 13.6. The summed E-state index contributed by atoms with van der Waals surface area (Å²) in [6.07, 6.45) is 7.19. The minimum atomic E-state index is -0.169. The van der Waals surface area contributed by atoms with E-state index in [4.69, 9.17) is 0 Å². The van der Waals surface area contributed by atoms with Gasteiger partial charge in [0.1, 0.15) is 5.82 Å². The number of anilines is 1. The Balaban J connectivity index is 1.48. The quantitative estimate of drug-likeness (QED) is 0.623. The van der Waals surface area contributed by atoms with Crippen LogP contribution in [0.3, 0.4) is 0 Å². The molecule has 0 aliphatic rings. The van der Waals surface area contributed by atoms with Crippen LogP contribution in [0.5, 0.6) is 0 Å². The van der Waals surface area contributed by atoms with E-state index in [0.717, 1.165) is 29.3 Å². The minimum absolute atomic E-state index is 0.169. The van der Waals surface area contributed by atoms with Crippen molar-refractivity contribution >= 4 is 17.2 Å². The lowest BCUT2D eigenvalue weighted by Crippen LogP contribution is -2.12. The van der Waals surface area contributed by atoms with E-state index < -0.39 is 0 Å². The molecule has 4 rings (SSSR count). The van der Waals surface area contributed by atoms with Crippen molar-refractivity contribution in [2.45, 2.75) is 13.5 Å². The van der Waals surface area contributed by atoms with E-state index in [9.17, 15) is 4.79 Å². The van der Waals surface area contributed by atoms with E-state index in [-0.39, 0.29) is 5.91 Å². The van der Waals surface area contributed by atoms with Crippen LogP contribution in [0.4, 0.5) is 5.69 Å². The molecule has 124 valence electrons. The average molecular weight is 332 g/mol. The Morgan fingerprint density at radius 2 is 1.96 bits per heavy atom. The van der Waals surface area contributed by atoms with Gasteiger partial charge >= 0.3 is 0 Å². The molecule has 0 atom stereocenters. The topological polar surface area (TPSA) is 77.1 Å². The van der Waals surface area contributed by atoms with Crippen LogP contribution >= 0.6 is 0 Å². The molecule has 3 aromatic heterocycles. The maximum atomic E-state index is 12.5. The number of benzene rings is 1. The number of carbonyl (C=O) groups excluding carboxylic acids is 1. The zero-order chi connectivity index (χ0) is 17.2. The number of aryl methyl sites for hydroxylation is 1. The molecule has 0 fully saturated rings. The molecule has 25 heavy (non-hydrogen) atoms. The van der Waals surface area contributed by atoms with Crippen molar-refractivity contribution in [3.8, 4) is 0 Å². The molecule has 0 saturated carbocycles. The van der Waals surface area contributed by atoms with Crippen LogP contribution in [0.15, 0.2) is 61.3 Å². The number of aromatic nitrogens is 5. The van der Waals surface area contributed by atoms with Gasteiger partial charge in [-0.15, -0.1) is 10.2 Å². The third-order valence-corrected chi connectivity index (χ3v) is 3.97. The van der Waals surface area contributed by atoms with Crippen LogP contribution in [0, 0.1) is 6.92 Å². The van der Waals surface area contributed by atoms with Crippen LogP contribution in [-0.4, -0.2) is 30.1 Å². The van der Waals surface area contributed by atoms with Gasteiger partial charge in [-0.3, -0.25) is 9.20 Å². The summed E-state index contributed by atoms with van der Waals surface area (Å²) < 4.78 is 3.79. The number of nitrogens with zero attached hydrogens (tertiary/aromatic N) is 5. The Kier molecular flexibility index (Phi) is 3.74. The summed E-state index contributed by atoms with van der Waals surface area (Å²) in [5.41, 5.74) is 3.16. The molecule has 4 aromatic rings. The standard InChI is InChI=1S/C18H16N6O/c1-13-21-22-17-7-4-15(11-24(13)17)18(25)20-16-5-2-14(3-6-16)10-23-9-8-19-12-23/h2-9,11-12H,10H2,1H3,(H,20,25). The fourth-order valence-corrected chi connectivity index (χ4v) is 2.63. The van der Waals surface area contributed by atoms with Gasteiger partial charge in [0.15, 0.2) is 5.65 Å². The molecule has 0 saturated heterocycles. The maximum Gasteiger partial charge on any atom is 0.257 e. The van der Waals surface area contributed by atoms with E-state index in [1.54, 1.807) is 35.3 Å². The summed E-state index contributed by atoms with van der Waals surface area (Å²) >= 11 is 0. The number of rotatable bonds is 4. The van der Waals surface area contributed by atoms with Crippen molar-refractivity contribution in [1.29, 1.82) is 0 Å². The lowest BCUT2D eigenvalue weighted by atomic mass is 10.2. The lowest BCUT2D eigenvalue weighted by molar-refractivity contribution is 0.102. The Labute approximate surface area is 144 Å².